The Morgan fingerprint density at radius 1 is 1.07 bits per heavy atom. The molecule has 8 nitrogen and oxygen atoms in total. The third kappa shape index (κ3) is 5.58. The fourth-order valence-corrected chi connectivity index (χ4v) is 3.01. The molecule has 0 unspecified atom stereocenters. The topological polar surface area (TPSA) is 99.2 Å². The molecule has 0 bridgehead atoms. The number of imide groups is 1. The quantitative estimate of drug-likeness (QED) is 0.490. The Kier molecular flexibility index (Phi) is 7.42. The Morgan fingerprint density at radius 3 is 2.44 bits per heavy atom. The molecular weight excluding hydrogens is 374 g/mol. The molecule has 1 aliphatic rings. The van der Waals surface area contributed by atoms with Gasteiger partial charge in [-0.15, -0.1) is 0 Å². The van der Waals surface area contributed by atoms with Gasteiger partial charge in [0.25, 0.3) is 11.1 Å². The zero-order valence-electron chi connectivity index (χ0n) is 14.9. The molecule has 144 valence electrons. The van der Waals surface area contributed by atoms with Gasteiger partial charge in [-0.2, -0.15) is 0 Å². The van der Waals surface area contributed by atoms with Crippen molar-refractivity contribution in [2.45, 2.75) is 13.8 Å². The summed E-state index contributed by atoms with van der Waals surface area (Å²) in [5.74, 6) is -1.39. The van der Waals surface area contributed by atoms with Crippen molar-refractivity contribution in [3.63, 3.8) is 0 Å². The van der Waals surface area contributed by atoms with E-state index in [1.807, 2.05) is 0 Å². The second-order valence-corrected chi connectivity index (χ2v) is 6.20. The van der Waals surface area contributed by atoms with Crippen LogP contribution in [0.4, 0.5) is 4.79 Å². The Labute approximate surface area is 160 Å². The van der Waals surface area contributed by atoms with Crippen molar-refractivity contribution in [2.24, 2.45) is 0 Å². The summed E-state index contributed by atoms with van der Waals surface area (Å²) in [5, 5.41) is -0.552. The maximum absolute atomic E-state index is 12.4. The van der Waals surface area contributed by atoms with Crippen LogP contribution >= 0.6 is 11.8 Å². The van der Waals surface area contributed by atoms with E-state index in [0.29, 0.717) is 11.3 Å². The van der Waals surface area contributed by atoms with Crippen LogP contribution in [-0.4, -0.2) is 54.4 Å². The van der Waals surface area contributed by atoms with Crippen molar-refractivity contribution in [3.05, 3.63) is 34.7 Å². The van der Waals surface area contributed by atoms with Gasteiger partial charge in [-0.3, -0.25) is 19.3 Å². The Morgan fingerprint density at radius 2 is 1.74 bits per heavy atom. The highest BCUT2D eigenvalue weighted by Gasteiger charge is 2.36. The van der Waals surface area contributed by atoms with Crippen molar-refractivity contribution in [2.75, 3.05) is 26.4 Å². The zero-order chi connectivity index (χ0) is 19.8. The zero-order valence-corrected chi connectivity index (χ0v) is 15.7. The molecular formula is C18H19NO7S. The minimum atomic E-state index is -0.653. The van der Waals surface area contributed by atoms with Crippen molar-refractivity contribution in [1.29, 1.82) is 0 Å². The molecule has 1 aliphatic heterocycles. The predicted molar refractivity (Wildman–Crippen MR) is 97.9 cm³/mol. The van der Waals surface area contributed by atoms with E-state index in [1.54, 1.807) is 38.1 Å². The first kappa shape index (κ1) is 20.5. The van der Waals surface area contributed by atoms with Crippen LogP contribution in [0.15, 0.2) is 29.2 Å². The Balaban J connectivity index is 2.14. The van der Waals surface area contributed by atoms with E-state index in [0.717, 1.165) is 16.7 Å². The van der Waals surface area contributed by atoms with E-state index in [9.17, 15) is 19.2 Å². The number of benzene rings is 1. The highest BCUT2D eigenvalue weighted by atomic mass is 32.2. The first-order valence-electron chi connectivity index (χ1n) is 8.24. The molecule has 9 heteroatoms. The van der Waals surface area contributed by atoms with Gasteiger partial charge >= 0.3 is 11.9 Å². The number of ether oxygens (including phenoxy) is 3. The van der Waals surface area contributed by atoms with Crippen LogP contribution in [-0.2, 0) is 23.9 Å². The van der Waals surface area contributed by atoms with Crippen LogP contribution in [0.3, 0.4) is 0 Å². The molecule has 0 atom stereocenters. The van der Waals surface area contributed by atoms with Crippen LogP contribution < -0.4 is 4.74 Å². The second kappa shape index (κ2) is 9.77. The number of thioether (sulfide) groups is 1. The molecule has 1 saturated heterocycles. The maximum atomic E-state index is 12.4. The summed E-state index contributed by atoms with van der Waals surface area (Å²) in [5.41, 5.74) is 0.517. The van der Waals surface area contributed by atoms with Crippen LogP contribution in [0.25, 0.3) is 6.08 Å². The second-order valence-electron chi connectivity index (χ2n) is 5.20. The largest absolute Gasteiger partial charge is 0.481 e. The standard InChI is InChI=1S/C18H19NO7S/c1-3-24-15(20)10-19-17(22)14(27-18(19)23)9-12-7-5-6-8-13(12)26-11-16(21)25-4-2/h5-9H,3-4,10-11H2,1-2H3/b14-9+. The lowest BCUT2D eigenvalue weighted by Gasteiger charge is -2.11. The lowest BCUT2D eigenvalue weighted by Crippen LogP contribution is -2.34. The molecule has 2 rings (SSSR count). The van der Waals surface area contributed by atoms with Crippen molar-refractivity contribution >= 4 is 40.9 Å². The lowest BCUT2D eigenvalue weighted by molar-refractivity contribution is -0.146. The highest BCUT2D eigenvalue weighted by Crippen LogP contribution is 2.33. The molecule has 0 spiro atoms. The van der Waals surface area contributed by atoms with E-state index in [1.165, 1.54) is 6.08 Å². The Hall–Kier alpha value is -2.81. The van der Waals surface area contributed by atoms with E-state index in [-0.39, 0.29) is 24.7 Å². The van der Waals surface area contributed by atoms with Gasteiger partial charge in [0.15, 0.2) is 6.61 Å². The van der Waals surface area contributed by atoms with Gasteiger partial charge in [0.05, 0.1) is 18.1 Å². The summed E-state index contributed by atoms with van der Waals surface area (Å²) in [4.78, 5) is 48.4. The third-order valence-electron chi connectivity index (χ3n) is 3.32. The first-order valence-corrected chi connectivity index (χ1v) is 9.06. The molecule has 0 aromatic heterocycles. The lowest BCUT2D eigenvalue weighted by atomic mass is 10.2. The number of hydrogen-bond donors (Lipinski definition) is 0. The average molecular weight is 393 g/mol. The average Bonchev–Trinajstić information content (AvgIpc) is 2.89. The number of carbonyl (C=O) groups is 4. The molecule has 0 radical (unpaired) electrons. The molecule has 1 aromatic rings. The Bertz CT molecular complexity index is 775. The van der Waals surface area contributed by atoms with Crippen LogP contribution in [0.1, 0.15) is 19.4 Å². The summed E-state index contributed by atoms with van der Waals surface area (Å²) >= 11 is 0.722. The van der Waals surface area contributed by atoms with E-state index < -0.39 is 29.6 Å². The first-order chi connectivity index (χ1) is 13.0. The van der Waals surface area contributed by atoms with Crippen LogP contribution in [0, 0.1) is 0 Å². The minimum absolute atomic E-state index is 0.150. The molecule has 27 heavy (non-hydrogen) atoms. The number of nitrogens with zero attached hydrogens (tertiary/aromatic N) is 1. The van der Waals surface area contributed by atoms with Crippen molar-refractivity contribution in [3.8, 4) is 5.75 Å². The summed E-state index contributed by atoms with van der Waals surface area (Å²) < 4.78 is 15.0. The number of esters is 2. The summed E-state index contributed by atoms with van der Waals surface area (Å²) in [6, 6.07) is 6.75. The fraction of sp³-hybridized carbons (Fsp3) is 0.333. The van der Waals surface area contributed by atoms with Crippen LogP contribution in [0.5, 0.6) is 5.75 Å². The summed E-state index contributed by atoms with van der Waals surface area (Å²) in [7, 11) is 0. The molecule has 1 aromatic carbocycles. The van der Waals surface area contributed by atoms with Gasteiger partial charge in [0, 0.05) is 5.56 Å². The van der Waals surface area contributed by atoms with Gasteiger partial charge in [0.2, 0.25) is 0 Å². The van der Waals surface area contributed by atoms with Gasteiger partial charge in [-0.05, 0) is 37.8 Å². The van der Waals surface area contributed by atoms with E-state index >= 15 is 0 Å². The molecule has 0 aliphatic carbocycles. The summed E-state index contributed by atoms with van der Waals surface area (Å²) in [6.45, 7) is 3.03. The monoisotopic (exact) mass is 393 g/mol. The molecule has 0 N–H and O–H groups in total. The van der Waals surface area contributed by atoms with Gasteiger partial charge < -0.3 is 14.2 Å². The molecule has 1 heterocycles. The number of rotatable bonds is 8. The number of para-hydroxylation sites is 1. The van der Waals surface area contributed by atoms with Gasteiger partial charge in [-0.1, -0.05) is 18.2 Å². The number of hydrogen-bond acceptors (Lipinski definition) is 8. The molecule has 2 amide bonds. The highest BCUT2D eigenvalue weighted by molar-refractivity contribution is 8.18. The smallest absolute Gasteiger partial charge is 0.344 e. The summed E-state index contributed by atoms with van der Waals surface area (Å²) in [6.07, 6.45) is 1.48. The number of amides is 2. The van der Waals surface area contributed by atoms with Crippen molar-refractivity contribution < 1.29 is 33.4 Å². The van der Waals surface area contributed by atoms with Gasteiger partial charge in [0.1, 0.15) is 12.3 Å². The maximum Gasteiger partial charge on any atom is 0.344 e. The number of carbonyl (C=O) groups excluding carboxylic acids is 4. The van der Waals surface area contributed by atoms with Gasteiger partial charge in [-0.25, -0.2) is 4.79 Å². The van der Waals surface area contributed by atoms with E-state index in [4.69, 9.17) is 14.2 Å². The molecule has 1 fully saturated rings. The van der Waals surface area contributed by atoms with E-state index in [2.05, 4.69) is 0 Å². The fourth-order valence-electron chi connectivity index (χ4n) is 2.18. The minimum Gasteiger partial charge on any atom is -0.481 e. The third-order valence-corrected chi connectivity index (χ3v) is 4.23. The normalized spacial score (nSPS) is 15.2. The molecule has 0 saturated carbocycles. The van der Waals surface area contributed by atoms with Crippen LogP contribution in [0.2, 0.25) is 0 Å². The predicted octanol–water partition coefficient (Wildman–Crippen LogP) is 2.23. The SMILES string of the molecule is CCOC(=O)COc1ccccc1/C=C1/SC(=O)N(CC(=O)OCC)C1=O. The van der Waals surface area contributed by atoms with Crippen molar-refractivity contribution in [1.82, 2.24) is 4.90 Å².